The summed E-state index contributed by atoms with van der Waals surface area (Å²) in [5, 5.41) is 18.2. The van der Waals surface area contributed by atoms with Crippen molar-refractivity contribution in [2.24, 2.45) is 0 Å². The Bertz CT molecular complexity index is 680. The van der Waals surface area contributed by atoms with Gasteiger partial charge in [-0.3, -0.25) is 0 Å². The zero-order valence-corrected chi connectivity index (χ0v) is 14.6. The molecule has 0 radical (unpaired) electrons. The second kappa shape index (κ2) is 7.77. The maximum absolute atomic E-state index is 12.1. The monoisotopic (exact) mass is 345 g/mol. The lowest BCUT2D eigenvalue weighted by Gasteiger charge is -2.17. The van der Waals surface area contributed by atoms with Crippen molar-refractivity contribution in [3.05, 3.63) is 51.5 Å². The molecule has 1 aliphatic carbocycles. The van der Waals surface area contributed by atoms with E-state index in [0.29, 0.717) is 12.5 Å². The third kappa shape index (κ3) is 4.33. The highest BCUT2D eigenvalue weighted by Gasteiger charge is 2.26. The van der Waals surface area contributed by atoms with Gasteiger partial charge in [0.15, 0.2) is 0 Å². The average Bonchev–Trinajstić information content (AvgIpc) is 3.36. The molecule has 3 rings (SSSR count). The van der Waals surface area contributed by atoms with Crippen LogP contribution in [-0.4, -0.2) is 22.7 Å². The Morgan fingerprint density at radius 2 is 2.12 bits per heavy atom. The standard InChI is InChI=1S/C18H23N3O2S/c1-2-12-3-5-13(6-4-12)15(10-22)21-18(23)19-9-17-20-16(11-24-17)14-7-8-14/h3-6,11,14-15,22H,2,7-10H2,1H3,(H2,19,21,23). The van der Waals surface area contributed by atoms with Crippen molar-refractivity contribution in [1.29, 1.82) is 0 Å². The molecule has 24 heavy (non-hydrogen) atoms. The van der Waals surface area contributed by atoms with Crippen molar-refractivity contribution in [2.45, 2.75) is 44.7 Å². The van der Waals surface area contributed by atoms with Gasteiger partial charge in [0, 0.05) is 11.3 Å². The van der Waals surface area contributed by atoms with Crippen LogP contribution in [0.4, 0.5) is 4.79 Å². The predicted octanol–water partition coefficient (Wildman–Crippen LogP) is 3.12. The van der Waals surface area contributed by atoms with Gasteiger partial charge < -0.3 is 15.7 Å². The molecular weight excluding hydrogens is 322 g/mol. The van der Waals surface area contributed by atoms with Gasteiger partial charge in [-0.05, 0) is 30.4 Å². The minimum Gasteiger partial charge on any atom is -0.394 e. The van der Waals surface area contributed by atoms with E-state index >= 15 is 0 Å². The van der Waals surface area contributed by atoms with E-state index in [-0.39, 0.29) is 12.6 Å². The highest BCUT2D eigenvalue weighted by Crippen LogP contribution is 2.40. The highest BCUT2D eigenvalue weighted by molar-refractivity contribution is 7.09. The first kappa shape index (κ1) is 16.9. The summed E-state index contributed by atoms with van der Waals surface area (Å²) in [7, 11) is 0. The number of rotatable bonds is 7. The molecule has 0 saturated heterocycles. The van der Waals surface area contributed by atoms with Crippen LogP contribution in [0.15, 0.2) is 29.6 Å². The van der Waals surface area contributed by atoms with E-state index in [1.165, 1.54) is 18.4 Å². The number of nitrogens with one attached hydrogen (secondary N) is 2. The molecule has 0 spiro atoms. The normalized spacial score (nSPS) is 15.1. The summed E-state index contributed by atoms with van der Waals surface area (Å²) in [4.78, 5) is 16.6. The van der Waals surface area contributed by atoms with E-state index in [0.717, 1.165) is 22.7 Å². The molecule has 1 fully saturated rings. The SMILES string of the molecule is CCc1ccc(C(CO)NC(=O)NCc2nc(C3CC3)cs2)cc1. The number of hydrogen-bond donors (Lipinski definition) is 3. The Balaban J connectivity index is 1.51. The van der Waals surface area contributed by atoms with E-state index in [1.54, 1.807) is 11.3 Å². The van der Waals surface area contributed by atoms with Gasteiger partial charge in [0.05, 0.1) is 24.9 Å². The molecule has 1 unspecified atom stereocenters. The fraction of sp³-hybridized carbons (Fsp3) is 0.444. The van der Waals surface area contributed by atoms with Crippen LogP contribution >= 0.6 is 11.3 Å². The summed E-state index contributed by atoms with van der Waals surface area (Å²) in [6, 6.07) is 7.23. The largest absolute Gasteiger partial charge is 0.394 e. The molecule has 128 valence electrons. The minimum absolute atomic E-state index is 0.137. The number of aliphatic hydroxyl groups is 1. The molecule has 0 aliphatic heterocycles. The molecule has 3 N–H and O–H groups in total. The van der Waals surface area contributed by atoms with Gasteiger partial charge >= 0.3 is 6.03 Å². The maximum Gasteiger partial charge on any atom is 0.315 e. The first-order valence-corrected chi connectivity index (χ1v) is 9.26. The molecule has 1 saturated carbocycles. The van der Waals surface area contributed by atoms with E-state index in [1.807, 2.05) is 24.3 Å². The molecule has 1 aromatic heterocycles. The summed E-state index contributed by atoms with van der Waals surface area (Å²) in [5.41, 5.74) is 3.28. The van der Waals surface area contributed by atoms with E-state index in [4.69, 9.17) is 0 Å². The van der Waals surface area contributed by atoms with Crippen LogP contribution in [0, 0.1) is 0 Å². The second-order valence-electron chi connectivity index (χ2n) is 6.10. The summed E-state index contributed by atoms with van der Waals surface area (Å²) in [5.74, 6) is 0.633. The summed E-state index contributed by atoms with van der Waals surface area (Å²) < 4.78 is 0. The predicted molar refractivity (Wildman–Crippen MR) is 95.1 cm³/mol. The van der Waals surface area contributed by atoms with Crippen LogP contribution in [-0.2, 0) is 13.0 Å². The lowest BCUT2D eigenvalue weighted by Crippen LogP contribution is -2.38. The van der Waals surface area contributed by atoms with Crippen molar-refractivity contribution in [3.63, 3.8) is 0 Å². The number of urea groups is 1. The quantitative estimate of drug-likeness (QED) is 0.722. The fourth-order valence-electron chi connectivity index (χ4n) is 2.56. The van der Waals surface area contributed by atoms with Crippen LogP contribution < -0.4 is 10.6 Å². The first-order chi connectivity index (χ1) is 11.7. The molecule has 0 bridgehead atoms. The van der Waals surface area contributed by atoms with Gasteiger partial charge in [0.25, 0.3) is 0 Å². The molecule has 2 aromatic rings. The zero-order chi connectivity index (χ0) is 16.9. The lowest BCUT2D eigenvalue weighted by atomic mass is 10.0. The Hall–Kier alpha value is -1.92. The number of hydrogen-bond acceptors (Lipinski definition) is 4. The third-order valence-corrected chi connectivity index (χ3v) is 5.11. The van der Waals surface area contributed by atoms with E-state index in [2.05, 4.69) is 27.9 Å². The van der Waals surface area contributed by atoms with Crippen molar-refractivity contribution < 1.29 is 9.90 Å². The summed E-state index contributed by atoms with van der Waals surface area (Å²) in [6.07, 6.45) is 3.42. The Labute approximate surface area is 146 Å². The molecule has 1 aliphatic rings. The number of aryl methyl sites for hydroxylation is 1. The van der Waals surface area contributed by atoms with Crippen LogP contribution in [0.3, 0.4) is 0 Å². The highest BCUT2D eigenvalue weighted by atomic mass is 32.1. The molecular formula is C18H23N3O2S. The summed E-state index contributed by atoms with van der Waals surface area (Å²) in [6.45, 7) is 2.37. The number of benzene rings is 1. The second-order valence-corrected chi connectivity index (χ2v) is 7.04. The molecule has 1 heterocycles. The van der Waals surface area contributed by atoms with Gasteiger partial charge in [0.2, 0.25) is 0 Å². The van der Waals surface area contributed by atoms with Gasteiger partial charge in [-0.15, -0.1) is 11.3 Å². The fourth-order valence-corrected chi connectivity index (χ4v) is 3.37. The third-order valence-electron chi connectivity index (χ3n) is 4.24. The topological polar surface area (TPSA) is 74.2 Å². The van der Waals surface area contributed by atoms with E-state index < -0.39 is 6.04 Å². The van der Waals surface area contributed by atoms with Crippen LogP contribution in [0.1, 0.15) is 53.6 Å². The number of nitrogens with zero attached hydrogens (tertiary/aromatic N) is 1. The van der Waals surface area contributed by atoms with Gasteiger partial charge in [-0.25, -0.2) is 9.78 Å². The van der Waals surface area contributed by atoms with Crippen molar-refractivity contribution >= 4 is 17.4 Å². The zero-order valence-electron chi connectivity index (χ0n) is 13.8. The Kier molecular flexibility index (Phi) is 5.48. The molecule has 5 nitrogen and oxygen atoms in total. The Morgan fingerprint density at radius 1 is 1.38 bits per heavy atom. The average molecular weight is 345 g/mol. The number of carbonyl (C=O) groups is 1. The number of aromatic nitrogens is 1. The Morgan fingerprint density at radius 3 is 2.75 bits per heavy atom. The molecule has 1 aromatic carbocycles. The van der Waals surface area contributed by atoms with Gasteiger partial charge in [-0.1, -0.05) is 31.2 Å². The van der Waals surface area contributed by atoms with Gasteiger partial charge in [0.1, 0.15) is 5.01 Å². The number of carbonyl (C=O) groups excluding carboxylic acids is 1. The number of thiazole rings is 1. The van der Waals surface area contributed by atoms with Crippen molar-refractivity contribution in [3.8, 4) is 0 Å². The minimum atomic E-state index is -0.408. The molecule has 1 atom stereocenters. The summed E-state index contributed by atoms with van der Waals surface area (Å²) >= 11 is 1.58. The maximum atomic E-state index is 12.1. The van der Waals surface area contributed by atoms with Crippen LogP contribution in [0.25, 0.3) is 0 Å². The first-order valence-electron chi connectivity index (χ1n) is 8.38. The van der Waals surface area contributed by atoms with Gasteiger partial charge in [-0.2, -0.15) is 0 Å². The van der Waals surface area contributed by atoms with Crippen LogP contribution in [0.2, 0.25) is 0 Å². The number of amides is 2. The smallest absolute Gasteiger partial charge is 0.315 e. The molecule has 6 heteroatoms. The van der Waals surface area contributed by atoms with Crippen molar-refractivity contribution in [2.75, 3.05) is 6.61 Å². The van der Waals surface area contributed by atoms with E-state index in [9.17, 15) is 9.90 Å². The number of aliphatic hydroxyl groups excluding tert-OH is 1. The lowest BCUT2D eigenvalue weighted by molar-refractivity contribution is 0.216. The molecule has 2 amide bonds. The van der Waals surface area contributed by atoms with Crippen molar-refractivity contribution in [1.82, 2.24) is 15.6 Å². The van der Waals surface area contributed by atoms with Crippen LogP contribution in [0.5, 0.6) is 0 Å².